The predicted molar refractivity (Wildman–Crippen MR) is 55.6 cm³/mol. The monoisotopic (exact) mass is 242 g/mol. The van der Waals surface area contributed by atoms with Crippen molar-refractivity contribution in [2.45, 2.75) is 12.5 Å². The van der Waals surface area contributed by atoms with E-state index in [0.717, 1.165) is 22.2 Å². The summed E-state index contributed by atoms with van der Waals surface area (Å²) in [6, 6.07) is 3.84. The predicted octanol–water partition coefficient (Wildman–Crippen LogP) is 1.81. The zero-order valence-electron chi connectivity index (χ0n) is 7.09. The summed E-state index contributed by atoms with van der Waals surface area (Å²) in [5.74, 6) is 0.752. The number of anilines is 1. The highest BCUT2D eigenvalue weighted by Crippen LogP contribution is 2.37. The molecule has 1 atom stereocenters. The molecule has 0 saturated heterocycles. The van der Waals surface area contributed by atoms with Gasteiger partial charge in [0.2, 0.25) is 0 Å². The molecular weight excluding hydrogens is 232 g/mol. The van der Waals surface area contributed by atoms with Crippen LogP contribution in [0.5, 0.6) is 5.75 Å². The van der Waals surface area contributed by atoms with Crippen LogP contribution in [0.4, 0.5) is 5.69 Å². The first-order valence-electron chi connectivity index (χ1n) is 4.16. The molecule has 0 aromatic heterocycles. The first-order valence-corrected chi connectivity index (χ1v) is 4.95. The molecule has 1 heterocycles. The fourth-order valence-corrected chi connectivity index (χ4v) is 2.02. The van der Waals surface area contributed by atoms with E-state index < -0.39 is 0 Å². The van der Waals surface area contributed by atoms with Crippen molar-refractivity contribution < 1.29 is 4.74 Å². The number of ether oxygens (including phenoxy) is 1. The second-order valence-corrected chi connectivity index (χ2v) is 4.07. The van der Waals surface area contributed by atoms with E-state index in [1.165, 1.54) is 0 Å². The molecule has 0 radical (unpaired) electrons. The van der Waals surface area contributed by atoms with Crippen molar-refractivity contribution in [3.8, 4) is 5.75 Å². The number of hydrogen-bond acceptors (Lipinski definition) is 3. The van der Waals surface area contributed by atoms with E-state index in [4.69, 9.17) is 16.2 Å². The minimum absolute atomic E-state index is 0.0450. The van der Waals surface area contributed by atoms with E-state index in [2.05, 4.69) is 15.9 Å². The Labute approximate surface area is 85.2 Å². The van der Waals surface area contributed by atoms with E-state index in [1.54, 1.807) is 0 Å². The highest BCUT2D eigenvalue weighted by atomic mass is 79.9. The van der Waals surface area contributed by atoms with Crippen LogP contribution in [-0.2, 0) is 0 Å². The molecule has 2 rings (SSSR count). The molecule has 1 aliphatic heterocycles. The summed E-state index contributed by atoms with van der Waals surface area (Å²) < 4.78 is 6.40. The van der Waals surface area contributed by atoms with Crippen LogP contribution in [0, 0.1) is 0 Å². The largest absolute Gasteiger partial charge is 0.491 e. The summed E-state index contributed by atoms with van der Waals surface area (Å²) in [5, 5.41) is 0. The number of halogens is 1. The molecule has 3 nitrogen and oxygen atoms in total. The summed E-state index contributed by atoms with van der Waals surface area (Å²) in [7, 11) is 0. The fraction of sp³-hybridized carbons (Fsp3) is 0.333. The lowest BCUT2D eigenvalue weighted by Crippen LogP contribution is -2.21. The van der Waals surface area contributed by atoms with Gasteiger partial charge in [-0.25, -0.2) is 0 Å². The van der Waals surface area contributed by atoms with Gasteiger partial charge in [-0.15, -0.1) is 0 Å². The average Bonchev–Trinajstić information content (AvgIpc) is 2.07. The Balaban J connectivity index is 2.56. The number of hydrogen-bond donors (Lipinski definition) is 2. The standard InChI is InChI=1S/C9H11BrN2O/c10-5-3-6-7(11)1-2-13-9(6)8(12)4-5/h3-4,7H,1-2,11-12H2/t7-/m0/s1. The van der Waals surface area contributed by atoms with Crippen LogP contribution in [0.25, 0.3) is 0 Å². The van der Waals surface area contributed by atoms with E-state index in [9.17, 15) is 0 Å². The lowest BCUT2D eigenvalue weighted by molar-refractivity contribution is 0.270. The van der Waals surface area contributed by atoms with Gasteiger partial charge in [0.05, 0.1) is 12.3 Å². The van der Waals surface area contributed by atoms with Crippen molar-refractivity contribution in [3.05, 3.63) is 22.2 Å². The second-order valence-electron chi connectivity index (χ2n) is 3.16. The van der Waals surface area contributed by atoms with Crippen LogP contribution in [0.15, 0.2) is 16.6 Å². The van der Waals surface area contributed by atoms with Gasteiger partial charge < -0.3 is 16.2 Å². The molecule has 0 amide bonds. The molecule has 4 heteroatoms. The molecular formula is C9H11BrN2O. The van der Waals surface area contributed by atoms with Gasteiger partial charge in [-0.3, -0.25) is 0 Å². The van der Waals surface area contributed by atoms with Crippen molar-refractivity contribution >= 4 is 21.6 Å². The zero-order valence-corrected chi connectivity index (χ0v) is 8.67. The molecule has 0 spiro atoms. The molecule has 70 valence electrons. The van der Waals surface area contributed by atoms with Crippen LogP contribution < -0.4 is 16.2 Å². The third-order valence-electron chi connectivity index (χ3n) is 2.19. The van der Waals surface area contributed by atoms with E-state index in [-0.39, 0.29) is 6.04 Å². The Hall–Kier alpha value is -0.740. The topological polar surface area (TPSA) is 61.3 Å². The molecule has 1 aromatic carbocycles. The van der Waals surface area contributed by atoms with E-state index in [1.807, 2.05) is 12.1 Å². The first-order chi connectivity index (χ1) is 6.18. The minimum Gasteiger partial charge on any atom is -0.491 e. The van der Waals surface area contributed by atoms with Gasteiger partial charge in [-0.05, 0) is 12.1 Å². The molecule has 0 fully saturated rings. The average molecular weight is 243 g/mol. The molecule has 4 N–H and O–H groups in total. The number of benzene rings is 1. The van der Waals surface area contributed by atoms with Crippen LogP contribution >= 0.6 is 15.9 Å². The molecule has 0 aliphatic carbocycles. The van der Waals surface area contributed by atoms with E-state index >= 15 is 0 Å². The van der Waals surface area contributed by atoms with E-state index in [0.29, 0.717) is 12.3 Å². The molecule has 1 aromatic rings. The summed E-state index contributed by atoms with van der Waals surface area (Å²) >= 11 is 3.38. The highest BCUT2D eigenvalue weighted by molar-refractivity contribution is 9.10. The minimum atomic E-state index is 0.0450. The zero-order chi connectivity index (χ0) is 9.42. The van der Waals surface area contributed by atoms with Crippen molar-refractivity contribution in [3.63, 3.8) is 0 Å². The Bertz CT molecular complexity index is 341. The van der Waals surface area contributed by atoms with Crippen molar-refractivity contribution in [1.29, 1.82) is 0 Å². The number of nitrogen functional groups attached to an aromatic ring is 1. The smallest absolute Gasteiger partial charge is 0.147 e. The van der Waals surface area contributed by atoms with Crippen LogP contribution in [0.1, 0.15) is 18.0 Å². The van der Waals surface area contributed by atoms with Gasteiger partial charge in [0.1, 0.15) is 5.75 Å². The van der Waals surface area contributed by atoms with Gasteiger partial charge in [-0.1, -0.05) is 15.9 Å². The first kappa shape index (κ1) is 8.84. The maximum Gasteiger partial charge on any atom is 0.147 e. The quantitative estimate of drug-likeness (QED) is 0.683. The Kier molecular flexibility index (Phi) is 2.17. The second kappa shape index (κ2) is 3.20. The van der Waals surface area contributed by atoms with Crippen LogP contribution in [0.3, 0.4) is 0 Å². The van der Waals surface area contributed by atoms with Gasteiger partial charge in [0, 0.05) is 22.5 Å². The van der Waals surface area contributed by atoms with Crippen LogP contribution in [0.2, 0.25) is 0 Å². The number of nitrogens with two attached hydrogens (primary N) is 2. The van der Waals surface area contributed by atoms with Crippen LogP contribution in [-0.4, -0.2) is 6.61 Å². The van der Waals surface area contributed by atoms with Gasteiger partial charge >= 0.3 is 0 Å². The molecule has 0 bridgehead atoms. The lowest BCUT2D eigenvalue weighted by atomic mass is 10.0. The Morgan fingerprint density at radius 1 is 1.46 bits per heavy atom. The normalized spacial score (nSPS) is 20.6. The highest BCUT2D eigenvalue weighted by Gasteiger charge is 2.20. The van der Waals surface area contributed by atoms with Crippen molar-refractivity contribution in [2.24, 2.45) is 5.73 Å². The maximum atomic E-state index is 5.93. The summed E-state index contributed by atoms with van der Waals surface area (Å²) in [6.07, 6.45) is 0.850. The maximum absolute atomic E-state index is 5.93. The SMILES string of the molecule is Nc1cc(Br)cc2c1OCC[C@@H]2N. The Morgan fingerprint density at radius 3 is 3.00 bits per heavy atom. The van der Waals surface area contributed by atoms with Gasteiger partial charge in [0.25, 0.3) is 0 Å². The third kappa shape index (κ3) is 1.51. The molecule has 13 heavy (non-hydrogen) atoms. The van der Waals surface area contributed by atoms with Gasteiger partial charge in [-0.2, -0.15) is 0 Å². The summed E-state index contributed by atoms with van der Waals surface area (Å²) in [6.45, 7) is 0.653. The molecule has 0 saturated carbocycles. The van der Waals surface area contributed by atoms with Crippen molar-refractivity contribution in [2.75, 3.05) is 12.3 Å². The Morgan fingerprint density at radius 2 is 2.23 bits per heavy atom. The summed E-state index contributed by atoms with van der Waals surface area (Å²) in [4.78, 5) is 0. The molecule has 0 unspecified atom stereocenters. The van der Waals surface area contributed by atoms with Crippen molar-refractivity contribution in [1.82, 2.24) is 0 Å². The number of fused-ring (bicyclic) bond motifs is 1. The third-order valence-corrected chi connectivity index (χ3v) is 2.64. The molecule has 1 aliphatic rings. The fourth-order valence-electron chi connectivity index (χ4n) is 1.52. The lowest BCUT2D eigenvalue weighted by Gasteiger charge is -2.24. The number of rotatable bonds is 0. The summed E-state index contributed by atoms with van der Waals surface area (Å²) in [5.41, 5.74) is 13.4. The van der Waals surface area contributed by atoms with Gasteiger partial charge in [0.15, 0.2) is 0 Å².